The second-order valence-corrected chi connectivity index (χ2v) is 3.99. The maximum absolute atomic E-state index is 5.56. The first-order valence-corrected chi connectivity index (χ1v) is 5.60. The van der Waals surface area contributed by atoms with E-state index in [1.807, 2.05) is 12.1 Å². The molecule has 0 radical (unpaired) electrons. The molecule has 0 fully saturated rings. The van der Waals surface area contributed by atoms with Crippen molar-refractivity contribution in [3.63, 3.8) is 0 Å². The molecule has 17 heavy (non-hydrogen) atoms. The maximum atomic E-state index is 5.56. The van der Waals surface area contributed by atoms with Crippen LogP contribution in [0.1, 0.15) is 19.1 Å². The Hall–Kier alpha value is -2.04. The van der Waals surface area contributed by atoms with Crippen LogP contribution in [0.25, 0.3) is 0 Å². The van der Waals surface area contributed by atoms with E-state index in [0.29, 0.717) is 11.6 Å². The average Bonchev–Trinajstić information content (AvgIpc) is 2.79. The van der Waals surface area contributed by atoms with E-state index < -0.39 is 0 Å². The molecule has 5 nitrogen and oxygen atoms in total. The van der Waals surface area contributed by atoms with Crippen LogP contribution in [0.2, 0.25) is 0 Å². The second-order valence-electron chi connectivity index (χ2n) is 3.99. The van der Waals surface area contributed by atoms with Gasteiger partial charge in [0.1, 0.15) is 17.4 Å². The number of hydrogen-bond donors (Lipinski definition) is 2. The summed E-state index contributed by atoms with van der Waals surface area (Å²) >= 11 is 0. The zero-order chi connectivity index (χ0) is 12.1. The summed E-state index contributed by atoms with van der Waals surface area (Å²) in [4.78, 5) is 8.12. The van der Waals surface area contributed by atoms with Gasteiger partial charge in [-0.15, -0.1) is 0 Å². The molecule has 0 spiro atoms. The maximum Gasteiger partial charge on any atom is 0.147 e. The largest absolute Gasteiger partial charge is 0.469 e. The van der Waals surface area contributed by atoms with Crippen molar-refractivity contribution >= 4 is 11.6 Å². The number of anilines is 2. The molecule has 0 aromatic carbocycles. The van der Waals surface area contributed by atoms with Crippen LogP contribution in [0.4, 0.5) is 11.6 Å². The van der Waals surface area contributed by atoms with Crippen LogP contribution in [-0.4, -0.2) is 16.0 Å². The lowest BCUT2D eigenvalue weighted by molar-refractivity contribution is 0.495. The summed E-state index contributed by atoms with van der Waals surface area (Å²) in [6.07, 6.45) is 6.75. The Morgan fingerprint density at radius 3 is 3.06 bits per heavy atom. The highest BCUT2D eigenvalue weighted by molar-refractivity contribution is 5.38. The third-order valence-electron chi connectivity index (χ3n) is 2.45. The number of hydrogen-bond acceptors (Lipinski definition) is 5. The van der Waals surface area contributed by atoms with Crippen LogP contribution in [-0.2, 0) is 6.42 Å². The lowest BCUT2D eigenvalue weighted by atomic mass is 10.1. The number of rotatable bonds is 5. The van der Waals surface area contributed by atoms with E-state index in [9.17, 15) is 0 Å². The Kier molecular flexibility index (Phi) is 3.59. The lowest BCUT2D eigenvalue weighted by Crippen LogP contribution is -2.17. The molecule has 0 amide bonds. The first-order valence-electron chi connectivity index (χ1n) is 5.60. The minimum atomic E-state index is 0.288. The topological polar surface area (TPSA) is 77.0 Å². The highest BCUT2D eigenvalue weighted by Crippen LogP contribution is 2.10. The van der Waals surface area contributed by atoms with Crippen molar-refractivity contribution < 1.29 is 4.42 Å². The summed E-state index contributed by atoms with van der Waals surface area (Å²) in [6.45, 7) is 2.09. The van der Waals surface area contributed by atoms with Crippen LogP contribution in [0.15, 0.2) is 35.2 Å². The van der Waals surface area contributed by atoms with Crippen LogP contribution < -0.4 is 11.1 Å². The van der Waals surface area contributed by atoms with E-state index in [1.54, 1.807) is 12.5 Å². The van der Waals surface area contributed by atoms with Crippen molar-refractivity contribution in [2.45, 2.75) is 25.8 Å². The van der Waals surface area contributed by atoms with Gasteiger partial charge in [-0.05, 0) is 25.5 Å². The SMILES string of the molecule is CC(CCc1ccco1)Nc1cncc(N)n1. The Labute approximate surface area is 100 Å². The number of furan rings is 1. The summed E-state index contributed by atoms with van der Waals surface area (Å²) < 4.78 is 5.28. The molecule has 5 heteroatoms. The summed E-state index contributed by atoms with van der Waals surface area (Å²) in [5.74, 6) is 2.13. The van der Waals surface area contributed by atoms with Crippen molar-refractivity contribution in [1.82, 2.24) is 9.97 Å². The number of nitrogen functional groups attached to an aromatic ring is 1. The van der Waals surface area contributed by atoms with Crippen LogP contribution in [0.3, 0.4) is 0 Å². The number of nitrogens with two attached hydrogens (primary N) is 1. The van der Waals surface area contributed by atoms with Crippen molar-refractivity contribution in [3.8, 4) is 0 Å². The monoisotopic (exact) mass is 232 g/mol. The van der Waals surface area contributed by atoms with Gasteiger partial charge in [-0.3, -0.25) is 4.98 Å². The Morgan fingerprint density at radius 1 is 1.47 bits per heavy atom. The van der Waals surface area contributed by atoms with Gasteiger partial charge in [0.2, 0.25) is 0 Å². The molecular formula is C12H16N4O. The van der Waals surface area contributed by atoms with Gasteiger partial charge in [0.25, 0.3) is 0 Å². The zero-order valence-electron chi connectivity index (χ0n) is 9.76. The van der Waals surface area contributed by atoms with Crippen LogP contribution in [0, 0.1) is 0 Å². The van der Waals surface area contributed by atoms with E-state index in [0.717, 1.165) is 18.6 Å². The predicted molar refractivity (Wildman–Crippen MR) is 66.6 cm³/mol. The molecule has 0 aliphatic rings. The highest BCUT2D eigenvalue weighted by atomic mass is 16.3. The van der Waals surface area contributed by atoms with Gasteiger partial charge >= 0.3 is 0 Å². The number of nitrogens with zero attached hydrogens (tertiary/aromatic N) is 2. The molecule has 0 saturated heterocycles. The van der Waals surface area contributed by atoms with Gasteiger partial charge in [0.05, 0.1) is 18.7 Å². The molecular weight excluding hydrogens is 216 g/mol. The van der Waals surface area contributed by atoms with E-state index >= 15 is 0 Å². The fraction of sp³-hybridized carbons (Fsp3) is 0.333. The second kappa shape index (κ2) is 5.34. The minimum Gasteiger partial charge on any atom is -0.469 e. The van der Waals surface area contributed by atoms with Crippen molar-refractivity contribution in [3.05, 3.63) is 36.5 Å². The summed E-state index contributed by atoms with van der Waals surface area (Å²) in [5.41, 5.74) is 5.56. The Bertz CT molecular complexity index is 455. The van der Waals surface area contributed by atoms with E-state index in [2.05, 4.69) is 22.2 Å². The van der Waals surface area contributed by atoms with Gasteiger partial charge in [-0.1, -0.05) is 0 Å². The van der Waals surface area contributed by atoms with Gasteiger partial charge in [0, 0.05) is 12.5 Å². The number of aryl methyl sites for hydroxylation is 1. The highest BCUT2D eigenvalue weighted by Gasteiger charge is 2.05. The zero-order valence-corrected chi connectivity index (χ0v) is 9.76. The molecule has 0 saturated carbocycles. The van der Waals surface area contributed by atoms with Crippen molar-refractivity contribution in [1.29, 1.82) is 0 Å². The van der Waals surface area contributed by atoms with Gasteiger partial charge < -0.3 is 15.5 Å². The third-order valence-corrected chi connectivity index (χ3v) is 2.45. The molecule has 1 atom stereocenters. The first-order chi connectivity index (χ1) is 8.24. The fourth-order valence-corrected chi connectivity index (χ4v) is 1.59. The van der Waals surface area contributed by atoms with Gasteiger partial charge in [-0.2, -0.15) is 0 Å². The van der Waals surface area contributed by atoms with Crippen LogP contribution >= 0.6 is 0 Å². The van der Waals surface area contributed by atoms with E-state index in [4.69, 9.17) is 10.2 Å². The molecule has 2 aromatic rings. The summed E-state index contributed by atoms with van der Waals surface area (Å²) in [6, 6.07) is 4.17. The summed E-state index contributed by atoms with van der Waals surface area (Å²) in [5, 5.41) is 3.25. The third kappa shape index (κ3) is 3.48. The molecule has 0 aliphatic heterocycles. The smallest absolute Gasteiger partial charge is 0.147 e. The van der Waals surface area contributed by atoms with Crippen molar-refractivity contribution in [2.24, 2.45) is 0 Å². The predicted octanol–water partition coefficient (Wildman–Crippen LogP) is 2.08. The summed E-state index contributed by atoms with van der Waals surface area (Å²) in [7, 11) is 0. The Balaban J connectivity index is 1.83. The fourth-order valence-electron chi connectivity index (χ4n) is 1.59. The molecule has 0 bridgehead atoms. The Morgan fingerprint density at radius 2 is 2.35 bits per heavy atom. The minimum absolute atomic E-state index is 0.288. The molecule has 2 rings (SSSR count). The normalized spacial score (nSPS) is 12.3. The molecule has 2 heterocycles. The quantitative estimate of drug-likeness (QED) is 0.825. The van der Waals surface area contributed by atoms with Gasteiger partial charge in [0.15, 0.2) is 0 Å². The number of nitrogens with one attached hydrogen (secondary N) is 1. The standard InChI is InChI=1S/C12H16N4O/c1-9(4-5-10-3-2-6-17-10)15-12-8-14-7-11(13)16-12/h2-3,6-9H,4-5H2,1H3,(H3,13,15,16). The molecule has 1 unspecified atom stereocenters. The van der Waals surface area contributed by atoms with E-state index in [-0.39, 0.29) is 6.04 Å². The molecule has 3 N–H and O–H groups in total. The lowest BCUT2D eigenvalue weighted by Gasteiger charge is -2.13. The molecule has 0 aliphatic carbocycles. The van der Waals surface area contributed by atoms with Crippen molar-refractivity contribution in [2.75, 3.05) is 11.1 Å². The molecule has 2 aromatic heterocycles. The number of aromatic nitrogens is 2. The van der Waals surface area contributed by atoms with E-state index in [1.165, 1.54) is 6.20 Å². The molecule has 90 valence electrons. The van der Waals surface area contributed by atoms with Gasteiger partial charge in [-0.25, -0.2) is 4.98 Å². The van der Waals surface area contributed by atoms with Crippen LogP contribution in [0.5, 0.6) is 0 Å². The average molecular weight is 232 g/mol. The first kappa shape index (κ1) is 11.4.